The molecule has 0 aliphatic carbocycles. The number of carbonyl (C=O) groups excluding carboxylic acids is 2. The lowest BCUT2D eigenvalue weighted by Crippen LogP contribution is -2.43. The Balaban J connectivity index is 1.77. The van der Waals surface area contributed by atoms with Gasteiger partial charge >= 0.3 is 0 Å². The van der Waals surface area contributed by atoms with Crippen LogP contribution < -0.4 is 5.32 Å². The highest BCUT2D eigenvalue weighted by molar-refractivity contribution is 7.13. The molecule has 1 aliphatic heterocycles. The summed E-state index contributed by atoms with van der Waals surface area (Å²) in [6.45, 7) is 0.527. The van der Waals surface area contributed by atoms with E-state index in [0.717, 1.165) is 6.42 Å². The largest absolute Gasteiger partial charge is 0.327 e. The van der Waals surface area contributed by atoms with Crippen LogP contribution in [0.3, 0.4) is 0 Å². The first-order valence-corrected chi connectivity index (χ1v) is 8.65. The summed E-state index contributed by atoms with van der Waals surface area (Å²) in [5, 5.41) is 5.84. The van der Waals surface area contributed by atoms with Gasteiger partial charge in [0.25, 0.3) is 5.91 Å². The average molecular weight is 370 g/mol. The van der Waals surface area contributed by atoms with E-state index in [9.17, 15) is 9.59 Å². The van der Waals surface area contributed by atoms with Crippen LogP contribution in [0.2, 0.25) is 10.0 Å². The van der Waals surface area contributed by atoms with Gasteiger partial charge in [0.05, 0.1) is 0 Å². The first-order chi connectivity index (χ1) is 11.0. The molecule has 0 spiro atoms. The molecule has 3 rings (SSSR count). The van der Waals surface area contributed by atoms with Crippen molar-refractivity contribution in [3.8, 4) is 0 Å². The molecule has 0 radical (unpaired) electrons. The highest BCUT2D eigenvalue weighted by atomic mass is 35.5. The number of amides is 2. The van der Waals surface area contributed by atoms with E-state index in [1.54, 1.807) is 34.7 Å². The monoisotopic (exact) mass is 369 g/mol. The third-order valence-corrected chi connectivity index (χ3v) is 4.71. The van der Waals surface area contributed by atoms with E-state index >= 15 is 0 Å². The number of nitrogens with zero attached hydrogens (tertiary/aromatic N) is 2. The Bertz CT molecular complexity index is 716. The van der Waals surface area contributed by atoms with Gasteiger partial charge in [-0.15, -0.1) is 11.3 Å². The number of benzene rings is 1. The molecule has 2 amide bonds. The number of hydrogen-bond acceptors (Lipinski definition) is 4. The summed E-state index contributed by atoms with van der Waals surface area (Å²) in [5.74, 6) is -0.467. The van der Waals surface area contributed by atoms with Crippen molar-refractivity contribution in [2.24, 2.45) is 0 Å². The topological polar surface area (TPSA) is 62.3 Å². The minimum atomic E-state index is -0.510. The maximum absolute atomic E-state index is 12.7. The zero-order valence-electron chi connectivity index (χ0n) is 12.0. The van der Waals surface area contributed by atoms with E-state index < -0.39 is 6.04 Å². The molecule has 0 saturated carbocycles. The van der Waals surface area contributed by atoms with Crippen LogP contribution in [0.1, 0.15) is 23.2 Å². The lowest BCUT2D eigenvalue weighted by atomic mass is 10.1. The van der Waals surface area contributed by atoms with Gasteiger partial charge in [-0.3, -0.25) is 9.59 Å². The minimum absolute atomic E-state index is 0.223. The van der Waals surface area contributed by atoms with Crippen molar-refractivity contribution in [1.82, 2.24) is 9.88 Å². The zero-order valence-corrected chi connectivity index (χ0v) is 14.3. The molecule has 120 valence electrons. The smallest absolute Gasteiger partial charge is 0.254 e. The second kappa shape index (κ2) is 6.86. The number of hydrogen-bond donors (Lipinski definition) is 1. The molecule has 8 heteroatoms. The van der Waals surface area contributed by atoms with Crippen molar-refractivity contribution in [2.75, 3.05) is 11.9 Å². The Morgan fingerprint density at radius 3 is 2.65 bits per heavy atom. The Kier molecular flexibility index (Phi) is 4.84. The van der Waals surface area contributed by atoms with E-state index in [-0.39, 0.29) is 11.8 Å². The summed E-state index contributed by atoms with van der Waals surface area (Å²) in [4.78, 5) is 30.7. The molecule has 1 unspecified atom stereocenters. The lowest BCUT2D eigenvalue weighted by molar-refractivity contribution is -0.119. The number of anilines is 1. The summed E-state index contributed by atoms with van der Waals surface area (Å²) in [6.07, 6.45) is 3.01. The van der Waals surface area contributed by atoms with Crippen molar-refractivity contribution in [1.29, 1.82) is 0 Å². The fourth-order valence-corrected chi connectivity index (χ4v) is 3.66. The molecule has 1 atom stereocenters. The number of nitrogens with one attached hydrogen (secondary N) is 1. The first-order valence-electron chi connectivity index (χ1n) is 7.02. The average Bonchev–Trinajstić information content (AvgIpc) is 3.16. The molecule has 1 N–H and O–H groups in total. The zero-order chi connectivity index (χ0) is 16.4. The Morgan fingerprint density at radius 2 is 2.00 bits per heavy atom. The van der Waals surface area contributed by atoms with Crippen molar-refractivity contribution in [3.05, 3.63) is 45.4 Å². The second-order valence-corrected chi connectivity index (χ2v) is 6.91. The van der Waals surface area contributed by atoms with Crippen molar-refractivity contribution >= 4 is 51.5 Å². The Hall–Kier alpha value is -1.63. The van der Waals surface area contributed by atoms with Gasteiger partial charge in [-0.1, -0.05) is 23.2 Å². The van der Waals surface area contributed by atoms with Crippen LogP contribution in [-0.4, -0.2) is 34.3 Å². The molecule has 1 aliphatic rings. The molecule has 5 nitrogen and oxygen atoms in total. The van der Waals surface area contributed by atoms with E-state index in [1.807, 2.05) is 0 Å². The number of rotatable bonds is 3. The fraction of sp³-hybridized carbons (Fsp3) is 0.267. The Morgan fingerprint density at radius 1 is 1.26 bits per heavy atom. The van der Waals surface area contributed by atoms with E-state index in [2.05, 4.69) is 10.3 Å². The predicted octanol–water partition coefficient (Wildman–Crippen LogP) is 3.69. The predicted molar refractivity (Wildman–Crippen MR) is 91.3 cm³/mol. The molecular weight excluding hydrogens is 357 g/mol. The van der Waals surface area contributed by atoms with Gasteiger partial charge in [0.15, 0.2) is 5.13 Å². The van der Waals surface area contributed by atoms with Crippen molar-refractivity contribution in [3.63, 3.8) is 0 Å². The minimum Gasteiger partial charge on any atom is -0.327 e. The van der Waals surface area contributed by atoms with E-state index in [4.69, 9.17) is 23.2 Å². The van der Waals surface area contributed by atoms with Crippen LogP contribution >= 0.6 is 34.5 Å². The summed E-state index contributed by atoms with van der Waals surface area (Å²) in [5.41, 5.74) is 0.386. The van der Waals surface area contributed by atoms with Crippen LogP contribution in [0.15, 0.2) is 29.8 Å². The maximum Gasteiger partial charge on any atom is 0.254 e. The van der Waals surface area contributed by atoms with E-state index in [1.165, 1.54) is 11.3 Å². The third-order valence-electron chi connectivity index (χ3n) is 3.59. The molecule has 1 aromatic heterocycles. The fourth-order valence-electron chi connectivity index (χ4n) is 2.60. The van der Waals surface area contributed by atoms with Gasteiger partial charge < -0.3 is 10.2 Å². The molecule has 2 aromatic rings. The molecule has 23 heavy (non-hydrogen) atoms. The Labute approximate surface area is 147 Å². The van der Waals surface area contributed by atoms with Crippen LogP contribution in [-0.2, 0) is 4.79 Å². The van der Waals surface area contributed by atoms with Gasteiger partial charge in [-0.25, -0.2) is 4.98 Å². The van der Waals surface area contributed by atoms with Gasteiger partial charge in [0.1, 0.15) is 6.04 Å². The quantitative estimate of drug-likeness (QED) is 0.896. The summed E-state index contributed by atoms with van der Waals surface area (Å²) in [6, 6.07) is 4.17. The maximum atomic E-state index is 12.7. The number of thiazole rings is 1. The summed E-state index contributed by atoms with van der Waals surface area (Å²) in [7, 11) is 0. The highest BCUT2D eigenvalue weighted by Gasteiger charge is 2.35. The van der Waals surface area contributed by atoms with Crippen LogP contribution in [0.4, 0.5) is 5.13 Å². The van der Waals surface area contributed by atoms with Crippen LogP contribution in [0.5, 0.6) is 0 Å². The number of likely N-dealkylation sites (tertiary alicyclic amines) is 1. The van der Waals surface area contributed by atoms with Crippen molar-refractivity contribution in [2.45, 2.75) is 18.9 Å². The third kappa shape index (κ3) is 3.65. The number of halogens is 2. The lowest BCUT2D eigenvalue weighted by Gasteiger charge is -2.23. The van der Waals surface area contributed by atoms with Crippen LogP contribution in [0.25, 0.3) is 0 Å². The molecule has 1 saturated heterocycles. The van der Waals surface area contributed by atoms with Gasteiger partial charge in [-0.05, 0) is 31.0 Å². The van der Waals surface area contributed by atoms with Crippen molar-refractivity contribution < 1.29 is 9.59 Å². The van der Waals surface area contributed by atoms with E-state index in [0.29, 0.717) is 33.7 Å². The highest BCUT2D eigenvalue weighted by Crippen LogP contribution is 2.25. The number of carbonyl (C=O) groups is 2. The SMILES string of the molecule is O=C(Nc1nccs1)C1CCCN1C(=O)c1cc(Cl)cc(Cl)c1. The molecule has 1 aromatic carbocycles. The molecule has 0 bridgehead atoms. The normalized spacial score (nSPS) is 17.3. The second-order valence-electron chi connectivity index (χ2n) is 5.14. The van der Waals surface area contributed by atoms with Crippen LogP contribution in [0, 0.1) is 0 Å². The molecule has 2 heterocycles. The summed E-state index contributed by atoms with van der Waals surface area (Å²) < 4.78 is 0. The molecule has 1 fully saturated rings. The first kappa shape index (κ1) is 16.2. The molecular formula is C15H13Cl2N3O2S. The van der Waals surface area contributed by atoms with Gasteiger partial charge in [-0.2, -0.15) is 0 Å². The van der Waals surface area contributed by atoms with Gasteiger partial charge in [0, 0.05) is 33.7 Å². The van der Waals surface area contributed by atoms with Gasteiger partial charge in [0.2, 0.25) is 5.91 Å². The summed E-state index contributed by atoms with van der Waals surface area (Å²) >= 11 is 13.2. The standard InChI is InChI=1S/C15H13Cl2N3O2S/c16-10-6-9(7-11(17)8-10)14(22)20-4-1-2-12(20)13(21)19-15-18-3-5-23-15/h3,5-8,12H,1-2,4H2,(H,18,19,21). The number of aromatic nitrogens is 1.